The largest absolute Gasteiger partial charge is 0.298 e. The molecular formula is C9H6FN3O. The lowest BCUT2D eigenvalue weighted by Gasteiger charge is -2.03. The van der Waals surface area contributed by atoms with Gasteiger partial charge in [0.25, 0.3) is 0 Å². The summed E-state index contributed by atoms with van der Waals surface area (Å²) in [6.45, 7) is 0. The number of carbonyl (C=O) groups is 1. The van der Waals surface area contributed by atoms with Crippen molar-refractivity contribution >= 4 is 6.29 Å². The van der Waals surface area contributed by atoms with Gasteiger partial charge in [-0.3, -0.25) is 4.79 Å². The molecule has 0 saturated carbocycles. The molecule has 0 bridgehead atoms. The van der Waals surface area contributed by atoms with E-state index in [1.807, 2.05) is 0 Å². The number of carbonyl (C=O) groups excluding carboxylic acids is 1. The SMILES string of the molecule is O=Cc1c(F)cccc1-n1cncn1. The maximum atomic E-state index is 13.1. The average molecular weight is 191 g/mol. The number of halogens is 1. The molecule has 4 nitrogen and oxygen atoms in total. The number of aldehydes is 1. The van der Waals surface area contributed by atoms with Crippen LogP contribution in [-0.4, -0.2) is 21.1 Å². The number of hydrogen-bond acceptors (Lipinski definition) is 3. The predicted molar refractivity (Wildman–Crippen MR) is 46.7 cm³/mol. The summed E-state index contributed by atoms with van der Waals surface area (Å²) >= 11 is 0. The van der Waals surface area contributed by atoms with Crippen LogP contribution < -0.4 is 0 Å². The van der Waals surface area contributed by atoms with Gasteiger partial charge in [-0.1, -0.05) is 6.07 Å². The van der Waals surface area contributed by atoms with Crippen LogP contribution in [0.5, 0.6) is 0 Å². The van der Waals surface area contributed by atoms with E-state index >= 15 is 0 Å². The van der Waals surface area contributed by atoms with Crippen molar-refractivity contribution in [1.82, 2.24) is 14.8 Å². The minimum atomic E-state index is -0.562. The fourth-order valence-electron chi connectivity index (χ4n) is 1.17. The Bertz CT molecular complexity index is 453. The maximum absolute atomic E-state index is 13.1. The van der Waals surface area contributed by atoms with Gasteiger partial charge in [-0.05, 0) is 12.1 Å². The lowest BCUT2D eigenvalue weighted by molar-refractivity contribution is 0.111. The van der Waals surface area contributed by atoms with E-state index in [-0.39, 0.29) is 5.56 Å². The Balaban J connectivity index is 2.64. The summed E-state index contributed by atoms with van der Waals surface area (Å²) < 4.78 is 14.5. The third kappa shape index (κ3) is 1.28. The second-order valence-electron chi connectivity index (χ2n) is 2.63. The molecule has 2 aromatic rings. The van der Waals surface area contributed by atoms with Crippen molar-refractivity contribution in [1.29, 1.82) is 0 Å². The van der Waals surface area contributed by atoms with E-state index in [0.717, 1.165) is 0 Å². The van der Waals surface area contributed by atoms with Crippen LogP contribution in [-0.2, 0) is 0 Å². The van der Waals surface area contributed by atoms with Gasteiger partial charge >= 0.3 is 0 Å². The summed E-state index contributed by atoms with van der Waals surface area (Å²) in [6, 6.07) is 4.34. The van der Waals surface area contributed by atoms with Crippen molar-refractivity contribution in [3.8, 4) is 5.69 Å². The molecule has 0 N–H and O–H groups in total. The number of benzene rings is 1. The standard InChI is InChI=1S/C9H6FN3O/c10-8-2-1-3-9(7(8)4-14)13-6-11-5-12-13/h1-6H. The minimum Gasteiger partial charge on any atom is -0.298 e. The number of nitrogens with zero attached hydrogens (tertiary/aromatic N) is 3. The normalized spacial score (nSPS) is 10.1. The maximum Gasteiger partial charge on any atom is 0.155 e. The van der Waals surface area contributed by atoms with Crippen LogP contribution >= 0.6 is 0 Å². The molecule has 2 rings (SSSR count). The quantitative estimate of drug-likeness (QED) is 0.670. The zero-order chi connectivity index (χ0) is 9.97. The highest BCUT2D eigenvalue weighted by Crippen LogP contribution is 2.14. The summed E-state index contributed by atoms with van der Waals surface area (Å²) in [4.78, 5) is 14.4. The molecule has 0 aliphatic heterocycles. The van der Waals surface area contributed by atoms with Gasteiger partial charge in [0.1, 0.15) is 18.5 Å². The van der Waals surface area contributed by atoms with Crippen LogP contribution in [0.2, 0.25) is 0 Å². The van der Waals surface area contributed by atoms with Gasteiger partial charge in [0, 0.05) is 0 Å². The Hall–Kier alpha value is -2.04. The van der Waals surface area contributed by atoms with Gasteiger partial charge in [0.15, 0.2) is 6.29 Å². The van der Waals surface area contributed by atoms with Crippen molar-refractivity contribution in [3.63, 3.8) is 0 Å². The van der Waals surface area contributed by atoms with Crippen molar-refractivity contribution < 1.29 is 9.18 Å². The van der Waals surface area contributed by atoms with E-state index in [0.29, 0.717) is 12.0 Å². The second-order valence-corrected chi connectivity index (χ2v) is 2.63. The molecule has 0 spiro atoms. The molecular weight excluding hydrogens is 185 g/mol. The Labute approximate surface area is 79.0 Å². The molecule has 14 heavy (non-hydrogen) atoms. The third-order valence-electron chi connectivity index (χ3n) is 1.81. The Kier molecular flexibility index (Phi) is 2.06. The number of aromatic nitrogens is 3. The molecule has 0 aliphatic rings. The average Bonchev–Trinajstić information content (AvgIpc) is 2.70. The smallest absolute Gasteiger partial charge is 0.155 e. The zero-order valence-electron chi connectivity index (χ0n) is 7.09. The molecule has 0 amide bonds. The van der Waals surface area contributed by atoms with Crippen LogP contribution in [0.3, 0.4) is 0 Å². The van der Waals surface area contributed by atoms with E-state index in [9.17, 15) is 9.18 Å². The van der Waals surface area contributed by atoms with Gasteiger partial charge in [0.2, 0.25) is 0 Å². The monoisotopic (exact) mass is 191 g/mol. The van der Waals surface area contributed by atoms with E-state index in [1.165, 1.54) is 29.5 Å². The van der Waals surface area contributed by atoms with Gasteiger partial charge in [-0.25, -0.2) is 14.1 Å². The molecule has 70 valence electrons. The fourth-order valence-corrected chi connectivity index (χ4v) is 1.17. The van der Waals surface area contributed by atoms with Crippen LogP contribution in [0.15, 0.2) is 30.9 Å². The molecule has 0 atom stereocenters. The highest BCUT2D eigenvalue weighted by Gasteiger charge is 2.08. The van der Waals surface area contributed by atoms with Crippen molar-refractivity contribution in [2.45, 2.75) is 0 Å². The van der Waals surface area contributed by atoms with Crippen molar-refractivity contribution in [2.24, 2.45) is 0 Å². The van der Waals surface area contributed by atoms with Crippen LogP contribution in [0, 0.1) is 5.82 Å². The Morgan fingerprint density at radius 1 is 1.43 bits per heavy atom. The first-order chi connectivity index (χ1) is 6.83. The first-order valence-electron chi connectivity index (χ1n) is 3.91. The van der Waals surface area contributed by atoms with Crippen LogP contribution in [0.1, 0.15) is 10.4 Å². The third-order valence-corrected chi connectivity index (χ3v) is 1.81. The summed E-state index contributed by atoms with van der Waals surface area (Å²) in [6.07, 6.45) is 3.19. The number of rotatable bonds is 2. The van der Waals surface area contributed by atoms with Crippen LogP contribution in [0.25, 0.3) is 5.69 Å². The first kappa shape index (κ1) is 8.55. The topological polar surface area (TPSA) is 47.8 Å². The van der Waals surface area contributed by atoms with Crippen molar-refractivity contribution in [3.05, 3.63) is 42.2 Å². The molecule has 5 heteroatoms. The van der Waals surface area contributed by atoms with Crippen molar-refractivity contribution in [2.75, 3.05) is 0 Å². The fraction of sp³-hybridized carbons (Fsp3) is 0. The molecule has 0 radical (unpaired) electrons. The molecule has 1 aromatic heterocycles. The first-order valence-corrected chi connectivity index (χ1v) is 3.91. The molecule has 1 aromatic carbocycles. The summed E-state index contributed by atoms with van der Waals surface area (Å²) in [5.74, 6) is -0.562. The Morgan fingerprint density at radius 3 is 2.93 bits per heavy atom. The second kappa shape index (κ2) is 3.37. The van der Waals surface area contributed by atoms with E-state index in [4.69, 9.17) is 0 Å². The molecule has 0 saturated heterocycles. The minimum absolute atomic E-state index is 0.0157. The lowest BCUT2D eigenvalue weighted by atomic mass is 10.2. The van der Waals surface area contributed by atoms with Gasteiger partial charge < -0.3 is 0 Å². The lowest BCUT2D eigenvalue weighted by Crippen LogP contribution is -2.01. The molecule has 0 fully saturated rings. The zero-order valence-corrected chi connectivity index (χ0v) is 7.09. The summed E-state index contributed by atoms with van der Waals surface area (Å²) in [5.41, 5.74) is 0.371. The Morgan fingerprint density at radius 2 is 2.29 bits per heavy atom. The van der Waals surface area contributed by atoms with Crippen LogP contribution in [0.4, 0.5) is 4.39 Å². The van der Waals surface area contributed by atoms with Gasteiger partial charge in [-0.2, -0.15) is 5.10 Å². The predicted octanol–water partition coefficient (Wildman–Crippen LogP) is 1.22. The molecule has 0 unspecified atom stereocenters. The highest BCUT2D eigenvalue weighted by atomic mass is 19.1. The van der Waals surface area contributed by atoms with E-state index in [2.05, 4.69) is 10.1 Å². The van der Waals surface area contributed by atoms with Gasteiger partial charge in [0.05, 0.1) is 11.3 Å². The molecule has 0 aliphatic carbocycles. The van der Waals surface area contributed by atoms with E-state index in [1.54, 1.807) is 6.07 Å². The summed E-state index contributed by atoms with van der Waals surface area (Å²) in [5, 5.41) is 3.82. The molecule has 1 heterocycles. The highest BCUT2D eigenvalue weighted by molar-refractivity contribution is 5.81. The number of hydrogen-bond donors (Lipinski definition) is 0. The summed E-state index contributed by atoms with van der Waals surface area (Å²) in [7, 11) is 0. The van der Waals surface area contributed by atoms with E-state index < -0.39 is 5.82 Å². The van der Waals surface area contributed by atoms with Gasteiger partial charge in [-0.15, -0.1) is 0 Å².